The molecule has 1 amide bonds. The molecule has 3 nitrogen and oxygen atoms in total. The number of primary amides is 1. The summed E-state index contributed by atoms with van der Waals surface area (Å²) in [5.41, 5.74) is 6.39. The number of fused-ring (bicyclic) bond motifs is 3. The van der Waals surface area contributed by atoms with E-state index in [2.05, 4.69) is 0 Å². The summed E-state index contributed by atoms with van der Waals surface area (Å²) in [6.07, 6.45) is 0. The zero-order valence-corrected chi connectivity index (χ0v) is 13.8. The lowest BCUT2D eigenvalue weighted by molar-refractivity contribution is 0.100. The van der Waals surface area contributed by atoms with Crippen LogP contribution in [-0.4, -0.2) is 10.5 Å². The molecule has 0 saturated carbocycles. The van der Waals surface area contributed by atoms with E-state index in [1.165, 1.54) is 22.8 Å². The number of hydrogen-bond acceptors (Lipinski definition) is 1. The van der Waals surface area contributed by atoms with Gasteiger partial charge in [-0.3, -0.25) is 4.79 Å². The standard InChI is InChI=1S/C20H12F4N2O/c21-13-5-1-3-11-17-12(20(25)27)4-2-6-16(17)26(19(11)13)9-10-7-14(22)18(24)15(23)8-10/h1-8H,9H2,(H2,25,27). The molecule has 1 heterocycles. The van der Waals surface area contributed by atoms with E-state index >= 15 is 0 Å². The number of rotatable bonds is 3. The highest BCUT2D eigenvalue weighted by atomic mass is 19.2. The number of hydrogen-bond donors (Lipinski definition) is 1. The van der Waals surface area contributed by atoms with E-state index < -0.39 is 29.2 Å². The van der Waals surface area contributed by atoms with Crippen LogP contribution in [0.1, 0.15) is 15.9 Å². The van der Waals surface area contributed by atoms with Gasteiger partial charge in [-0.25, -0.2) is 17.6 Å². The molecule has 136 valence electrons. The molecule has 0 aliphatic rings. The first-order valence-corrected chi connectivity index (χ1v) is 8.01. The van der Waals surface area contributed by atoms with Crippen LogP contribution in [0.2, 0.25) is 0 Å². The molecule has 3 aromatic carbocycles. The lowest BCUT2D eigenvalue weighted by Gasteiger charge is -2.09. The van der Waals surface area contributed by atoms with Gasteiger partial charge in [0.15, 0.2) is 17.5 Å². The number of amides is 1. The Kier molecular flexibility index (Phi) is 3.87. The molecule has 0 bridgehead atoms. The maximum atomic E-state index is 14.6. The SMILES string of the molecule is NC(=O)c1cccc2c1c1cccc(F)c1n2Cc1cc(F)c(F)c(F)c1. The van der Waals surface area contributed by atoms with Crippen molar-refractivity contribution in [2.45, 2.75) is 6.54 Å². The smallest absolute Gasteiger partial charge is 0.249 e. The van der Waals surface area contributed by atoms with E-state index in [4.69, 9.17) is 5.73 Å². The van der Waals surface area contributed by atoms with Crippen LogP contribution < -0.4 is 5.73 Å². The Balaban J connectivity index is 2.05. The number of benzene rings is 3. The number of halogens is 4. The van der Waals surface area contributed by atoms with Crippen LogP contribution >= 0.6 is 0 Å². The first-order chi connectivity index (χ1) is 12.9. The van der Waals surface area contributed by atoms with Crippen LogP contribution in [0, 0.1) is 23.3 Å². The largest absolute Gasteiger partial charge is 0.366 e. The highest BCUT2D eigenvalue weighted by Gasteiger charge is 2.19. The number of aromatic nitrogens is 1. The van der Waals surface area contributed by atoms with Crippen LogP contribution in [0.25, 0.3) is 21.8 Å². The fourth-order valence-corrected chi connectivity index (χ4v) is 3.41. The molecule has 0 atom stereocenters. The van der Waals surface area contributed by atoms with Gasteiger partial charge in [0.05, 0.1) is 11.0 Å². The van der Waals surface area contributed by atoms with Gasteiger partial charge >= 0.3 is 0 Å². The first-order valence-electron chi connectivity index (χ1n) is 8.01. The van der Waals surface area contributed by atoms with Gasteiger partial charge < -0.3 is 10.3 Å². The van der Waals surface area contributed by atoms with Crippen molar-refractivity contribution in [2.75, 3.05) is 0 Å². The predicted octanol–water partition coefficient (Wildman–Crippen LogP) is 4.50. The molecule has 0 unspecified atom stereocenters. The highest BCUT2D eigenvalue weighted by Crippen LogP contribution is 2.33. The zero-order valence-electron chi connectivity index (χ0n) is 13.8. The normalized spacial score (nSPS) is 11.4. The second-order valence-corrected chi connectivity index (χ2v) is 6.16. The summed E-state index contributed by atoms with van der Waals surface area (Å²) in [6, 6.07) is 10.8. The van der Waals surface area contributed by atoms with Crippen molar-refractivity contribution in [1.82, 2.24) is 4.57 Å². The van der Waals surface area contributed by atoms with Gasteiger partial charge in [-0.05, 0) is 35.9 Å². The van der Waals surface area contributed by atoms with Crippen molar-refractivity contribution in [1.29, 1.82) is 0 Å². The Bertz CT molecular complexity index is 1210. The van der Waals surface area contributed by atoms with Crippen molar-refractivity contribution in [3.8, 4) is 0 Å². The monoisotopic (exact) mass is 372 g/mol. The van der Waals surface area contributed by atoms with Crippen molar-refractivity contribution < 1.29 is 22.4 Å². The van der Waals surface area contributed by atoms with Crippen LogP contribution in [0.5, 0.6) is 0 Å². The van der Waals surface area contributed by atoms with Gasteiger partial charge in [0.25, 0.3) is 0 Å². The van der Waals surface area contributed by atoms with Gasteiger partial charge in [0.1, 0.15) is 5.82 Å². The summed E-state index contributed by atoms with van der Waals surface area (Å²) in [6.45, 7) is -0.128. The summed E-state index contributed by atoms with van der Waals surface area (Å²) >= 11 is 0. The molecule has 0 spiro atoms. The number of carbonyl (C=O) groups excluding carboxylic acids is 1. The highest BCUT2D eigenvalue weighted by molar-refractivity contribution is 6.17. The molecular formula is C20H12F4N2O. The van der Waals surface area contributed by atoms with Crippen molar-refractivity contribution in [3.63, 3.8) is 0 Å². The molecule has 0 radical (unpaired) electrons. The van der Waals surface area contributed by atoms with Gasteiger partial charge in [0, 0.05) is 22.9 Å². The minimum atomic E-state index is -1.57. The number of para-hydroxylation sites is 1. The topological polar surface area (TPSA) is 48.0 Å². The van der Waals surface area contributed by atoms with Crippen LogP contribution in [0.4, 0.5) is 17.6 Å². The van der Waals surface area contributed by atoms with Crippen molar-refractivity contribution in [2.24, 2.45) is 5.73 Å². The molecule has 27 heavy (non-hydrogen) atoms. The fourth-order valence-electron chi connectivity index (χ4n) is 3.41. The summed E-state index contributed by atoms with van der Waals surface area (Å²) in [5.74, 6) is -5.47. The first kappa shape index (κ1) is 17.1. The molecule has 0 fully saturated rings. The second kappa shape index (κ2) is 6.12. The molecule has 4 aromatic rings. The summed E-state index contributed by atoms with van der Waals surface area (Å²) in [5, 5.41) is 0.894. The van der Waals surface area contributed by atoms with Crippen LogP contribution in [-0.2, 0) is 6.54 Å². The maximum Gasteiger partial charge on any atom is 0.249 e. The Morgan fingerprint density at radius 2 is 1.59 bits per heavy atom. The quantitative estimate of drug-likeness (QED) is 0.418. The van der Waals surface area contributed by atoms with Gasteiger partial charge in [-0.1, -0.05) is 18.2 Å². The Labute approximate surface area is 150 Å². The summed E-state index contributed by atoms with van der Waals surface area (Å²) in [7, 11) is 0. The molecule has 2 N–H and O–H groups in total. The van der Waals surface area contributed by atoms with Gasteiger partial charge in [-0.2, -0.15) is 0 Å². The maximum absolute atomic E-state index is 14.6. The lowest BCUT2D eigenvalue weighted by atomic mass is 10.1. The van der Waals surface area contributed by atoms with E-state index in [1.807, 2.05) is 0 Å². The third kappa shape index (κ3) is 2.63. The third-order valence-electron chi connectivity index (χ3n) is 4.51. The number of carbonyl (C=O) groups is 1. The number of nitrogens with two attached hydrogens (primary N) is 1. The third-order valence-corrected chi connectivity index (χ3v) is 4.51. The molecule has 4 rings (SSSR count). The van der Waals surface area contributed by atoms with E-state index in [0.717, 1.165) is 12.1 Å². The lowest BCUT2D eigenvalue weighted by Crippen LogP contribution is -2.11. The van der Waals surface area contributed by atoms with E-state index in [-0.39, 0.29) is 23.2 Å². The van der Waals surface area contributed by atoms with Gasteiger partial charge in [-0.15, -0.1) is 0 Å². The van der Waals surface area contributed by atoms with Crippen LogP contribution in [0.3, 0.4) is 0 Å². The minimum Gasteiger partial charge on any atom is -0.366 e. The Morgan fingerprint density at radius 3 is 2.26 bits per heavy atom. The Hall–Kier alpha value is -3.35. The minimum absolute atomic E-state index is 0.109. The van der Waals surface area contributed by atoms with Gasteiger partial charge in [0.2, 0.25) is 5.91 Å². The second-order valence-electron chi connectivity index (χ2n) is 6.16. The van der Waals surface area contributed by atoms with E-state index in [9.17, 15) is 22.4 Å². The molecule has 0 aliphatic carbocycles. The molecule has 7 heteroatoms. The van der Waals surface area contributed by atoms with Crippen LogP contribution in [0.15, 0.2) is 48.5 Å². The van der Waals surface area contributed by atoms with Crippen molar-refractivity contribution >= 4 is 27.7 Å². The summed E-state index contributed by atoms with van der Waals surface area (Å²) < 4.78 is 56.5. The van der Waals surface area contributed by atoms with E-state index in [0.29, 0.717) is 16.3 Å². The Morgan fingerprint density at radius 1 is 0.926 bits per heavy atom. The average molecular weight is 372 g/mol. The van der Waals surface area contributed by atoms with Crippen molar-refractivity contribution in [3.05, 3.63) is 82.9 Å². The molecule has 0 saturated heterocycles. The predicted molar refractivity (Wildman–Crippen MR) is 93.3 cm³/mol. The molecule has 0 aliphatic heterocycles. The summed E-state index contributed by atoms with van der Waals surface area (Å²) in [4.78, 5) is 11.8. The van der Waals surface area contributed by atoms with E-state index in [1.54, 1.807) is 18.2 Å². The average Bonchev–Trinajstić information content (AvgIpc) is 2.95. The molecular weight excluding hydrogens is 360 g/mol. The fraction of sp³-hybridized carbons (Fsp3) is 0.0500. The zero-order chi connectivity index (χ0) is 19.3. The number of nitrogens with zero attached hydrogens (tertiary/aromatic N) is 1. The molecule has 1 aromatic heterocycles.